The van der Waals surface area contributed by atoms with Crippen molar-refractivity contribution >= 4 is 22.9 Å². The highest BCUT2D eigenvalue weighted by molar-refractivity contribution is 7.11. The molecule has 0 fully saturated rings. The van der Waals surface area contributed by atoms with E-state index in [9.17, 15) is 4.79 Å². The van der Waals surface area contributed by atoms with Crippen LogP contribution in [0.2, 0.25) is 0 Å². The number of aromatic hydroxyl groups is 1. The fourth-order valence-corrected chi connectivity index (χ4v) is 1.88. The molecule has 0 radical (unpaired) electrons. The second-order valence-corrected chi connectivity index (χ2v) is 4.11. The van der Waals surface area contributed by atoms with Gasteiger partial charge in [0.2, 0.25) is 0 Å². The molecule has 0 aliphatic rings. The van der Waals surface area contributed by atoms with Gasteiger partial charge in [-0.15, -0.1) is 11.3 Å². The lowest BCUT2D eigenvalue weighted by atomic mass is 10.3. The van der Waals surface area contributed by atoms with Crippen LogP contribution in [0, 0.1) is 0 Å². The first-order valence-corrected chi connectivity index (χ1v) is 5.53. The second kappa shape index (κ2) is 4.32. The third-order valence-corrected chi connectivity index (χ3v) is 2.92. The average molecular weight is 234 g/mol. The summed E-state index contributed by atoms with van der Waals surface area (Å²) in [5.74, 6) is 0.0273. The van der Waals surface area contributed by atoms with Crippen molar-refractivity contribution in [2.24, 2.45) is 0 Å². The molecule has 0 atom stereocenters. The summed E-state index contributed by atoms with van der Waals surface area (Å²) in [4.78, 5) is 17.4. The first-order valence-electron chi connectivity index (χ1n) is 4.65. The minimum atomic E-state index is -0.152. The van der Waals surface area contributed by atoms with E-state index in [1.807, 2.05) is 0 Å². The first-order chi connectivity index (χ1) is 7.68. The Morgan fingerprint density at radius 2 is 2.06 bits per heavy atom. The molecule has 0 saturated heterocycles. The van der Waals surface area contributed by atoms with E-state index in [-0.39, 0.29) is 11.7 Å². The van der Waals surface area contributed by atoms with Crippen LogP contribution in [0.15, 0.2) is 35.8 Å². The third kappa shape index (κ3) is 2.04. The molecular weight excluding hydrogens is 224 g/mol. The van der Waals surface area contributed by atoms with Crippen molar-refractivity contribution in [1.82, 2.24) is 4.98 Å². The number of thiazole rings is 1. The van der Waals surface area contributed by atoms with E-state index in [1.54, 1.807) is 42.9 Å². The Morgan fingerprint density at radius 3 is 2.62 bits per heavy atom. The molecule has 82 valence electrons. The van der Waals surface area contributed by atoms with Crippen LogP contribution < -0.4 is 4.90 Å². The van der Waals surface area contributed by atoms with Gasteiger partial charge in [-0.05, 0) is 24.3 Å². The van der Waals surface area contributed by atoms with Gasteiger partial charge in [-0.3, -0.25) is 4.79 Å². The molecule has 1 heterocycles. The molecule has 0 aliphatic heterocycles. The van der Waals surface area contributed by atoms with E-state index in [1.165, 1.54) is 16.2 Å². The normalized spacial score (nSPS) is 10.1. The quantitative estimate of drug-likeness (QED) is 0.866. The molecule has 0 bridgehead atoms. The molecule has 0 aliphatic carbocycles. The minimum absolute atomic E-state index is 0.152. The van der Waals surface area contributed by atoms with Gasteiger partial charge in [-0.25, -0.2) is 4.98 Å². The summed E-state index contributed by atoms with van der Waals surface area (Å²) in [6.07, 6.45) is 1.60. The van der Waals surface area contributed by atoms with E-state index in [0.29, 0.717) is 5.01 Å². The summed E-state index contributed by atoms with van der Waals surface area (Å²) in [6.45, 7) is 0. The van der Waals surface area contributed by atoms with E-state index in [4.69, 9.17) is 5.11 Å². The number of nitrogens with zero attached hydrogens (tertiary/aromatic N) is 2. The lowest BCUT2D eigenvalue weighted by Crippen LogP contribution is -2.25. The van der Waals surface area contributed by atoms with Gasteiger partial charge in [0.25, 0.3) is 5.91 Å². The highest BCUT2D eigenvalue weighted by atomic mass is 32.1. The minimum Gasteiger partial charge on any atom is -0.508 e. The van der Waals surface area contributed by atoms with Crippen molar-refractivity contribution in [2.75, 3.05) is 11.9 Å². The number of hydrogen-bond acceptors (Lipinski definition) is 4. The van der Waals surface area contributed by atoms with E-state index < -0.39 is 0 Å². The molecule has 2 rings (SSSR count). The van der Waals surface area contributed by atoms with Gasteiger partial charge in [-0.2, -0.15) is 0 Å². The molecule has 1 aromatic heterocycles. The van der Waals surface area contributed by atoms with Crippen molar-refractivity contribution in [1.29, 1.82) is 0 Å². The Bertz CT molecular complexity index is 479. The maximum Gasteiger partial charge on any atom is 0.286 e. The van der Waals surface area contributed by atoms with Crippen molar-refractivity contribution in [3.63, 3.8) is 0 Å². The zero-order chi connectivity index (χ0) is 11.5. The highest BCUT2D eigenvalue weighted by Crippen LogP contribution is 2.19. The van der Waals surface area contributed by atoms with Gasteiger partial charge in [0.1, 0.15) is 5.75 Å². The number of benzene rings is 1. The van der Waals surface area contributed by atoms with Crippen LogP contribution in [0.3, 0.4) is 0 Å². The molecule has 0 saturated carbocycles. The topological polar surface area (TPSA) is 53.4 Å². The SMILES string of the molecule is CN(C(=O)c1nccs1)c1ccc(O)cc1. The largest absolute Gasteiger partial charge is 0.508 e. The lowest BCUT2D eigenvalue weighted by Gasteiger charge is -2.15. The fraction of sp³-hybridized carbons (Fsp3) is 0.0909. The maximum absolute atomic E-state index is 11.9. The van der Waals surface area contributed by atoms with Gasteiger partial charge in [0.05, 0.1) is 0 Å². The second-order valence-electron chi connectivity index (χ2n) is 3.22. The molecule has 1 N–H and O–H groups in total. The van der Waals surface area contributed by atoms with Gasteiger partial charge in [-0.1, -0.05) is 0 Å². The number of phenolic OH excluding ortho intramolecular Hbond substituents is 1. The number of hydrogen-bond donors (Lipinski definition) is 1. The predicted molar refractivity (Wildman–Crippen MR) is 63.0 cm³/mol. The molecular formula is C11H10N2O2S. The van der Waals surface area contributed by atoms with Crippen molar-refractivity contribution < 1.29 is 9.90 Å². The Morgan fingerprint density at radius 1 is 1.38 bits per heavy atom. The summed E-state index contributed by atoms with van der Waals surface area (Å²) >= 11 is 1.31. The first kappa shape index (κ1) is 10.6. The summed E-state index contributed by atoms with van der Waals surface area (Å²) < 4.78 is 0. The summed E-state index contributed by atoms with van der Waals surface area (Å²) in [5.41, 5.74) is 0.720. The zero-order valence-electron chi connectivity index (χ0n) is 8.62. The standard InChI is InChI=1S/C11H10N2O2S/c1-13(8-2-4-9(14)5-3-8)11(15)10-12-6-7-16-10/h2-7,14H,1H3. The molecule has 0 unspecified atom stereocenters. The van der Waals surface area contributed by atoms with Gasteiger partial charge in [0.15, 0.2) is 5.01 Å². The van der Waals surface area contributed by atoms with Crippen LogP contribution >= 0.6 is 11.3 Å². The van der Waals surface area contributed by atoms with E-state index in [0.717, 1.165) is 5.69 Å². The summed E-state index contributed by atoms with van der Waals surface area (Å²) in [6, 6.07) is 6.45. The van der Waals surface area contributed by atoms with Crippen molar-refractivity contribution in [2.45, 2.75) is 0 Å². The molecule has 1 amide bonds. The predicted octanol–water partition coefficient (Wildman–Crippen LogP) is 2.13. The number of rotatable bonds is 2. The fourth-order valence-electron chi connectivity index (χ4n) is 1.27. The number of carbonyl (C=O) groups excluding carboxylic acids is 1. The van der Waals surface area contributed by atoms with Crippen LogP contribution in [0.25, 0.3) is 0 Å². The average Bonchev–Trinajstić information content (AvgIpc) is 2.81. The molecule has 0 spiro atoms. The van der Waals surface area contributed by atoms with Crippen LogP contribution in [0.4, 0.5) is 5.69 Å². The molecule has 1 aromatic carbocycles. The smallest absolute Gasteiger partial charge is 0.286 e. The summed E-state index contributed by atoms with van der Waals surface area (Å²) in [5, 5.41) is 11.4. The monoisotopic (exact) mass is 234 g/mol. The molecule has 2 aromatic rings. The van der Waals surface area contributed by atoms with Crippen LogP contribution in [-0.2, 0) is 0 Å². The van der Waals surface area contributed by atoms with E-state index >= 15 is 0 Å². The van der Waals surface area contributed by atoms with Crippen LogP contribution in [0.5, 0.6) is 5.75 Å². The lowest BCUT2D eigenvalue weighted by molar-refractivity contribution is 0.0992. The molecule has 4 nitrogen and oxygen atoms in total. The van der Waals surface area contributed by atoms with Crippen LogP contribution in [0.1, 0.15) is 9.80 Å². The molecule has 16 heavy (non-hydrogen) atoms. The number of amides is 1. The number of anilines is 1. The Kier molecular flexibility index (Phi) is 2.87. The van der Waals surface area contributed by atoms with E-state index in [2.05, 4.69) is 4.98 Å². The number of carbonyl (C=O) groups is 1. The van der Waals surface area contributed by atoms with Crippen molar-refractivity contribution in [3.8, 4) is 5.75 Å². The Balaban J connectivity index is 2.22. The Labute approximate surface area is 96.8 Å². The zero-order valence-corrected chi connectivity index (χ0v) is 9.44. The van der Waals surface area contributed by atoms with Crippen LogP contribution in [-0.4, -0.2) is 23.0 Å². The van der Waals surface area contributed by atoms with Crippen molar-refractivity contribution in [3.05, 3.63) is 40.8 Å². The van der Waals surface area contributed by atoms with Gasteiger partial charge >= 0.3 is 0 Å². The highest BCUT2D eigenvalue weighted by Gasteiger charge is 2.15. The third-order valence-electron chi connectivity index (χ3n) is 2.16. The molecule has 5 heteroatoms. The summed E-state index contributed by atoms with van der Waals surface area (Å²) in [7, 11) is 1.68. The number of phenols is 1. The maximum atomic E-state index is 11.9. The van der Waals surface area contributed by atoms with Gasteiger partial charge < -0.3 is 10.0 Å². The Hall–Kier alpha value is -1.88. The number of aromatic nitrogens is 1. The van der Waals surface area contributed by atoms with Gasteiger partial charge in [0, 0.05) is 24.3 Å².